The second-order valence-electron chi connectivity index (χ2n) is 6.17. The molecule has 1 aromatic carbocycles. The van der Waals surface area contributed by atoms with Crippen LogP contribution in [0.3, 0.4) is 0 Å². The van der Waals surface area contributed by atoms with Gasteiger partial charge < -0.3 is 14.8 Å². The third kappa shape index (κ3) is 4.16. The maximum absolute atomic E-state index is 12.5. The number of hydrogen-bond acceptors (Lipinski definition) is 3. The van der Waals surface area contributed by atoms with Crippen LogP contribution < -0.4 is 5.32 Å². The largest absolute Gasteiger partial charge is 0.340 e. The summed E-state index contributed by atoms with van der Waals surface area (Å²) in [6, 6.07) is 8.02. The molecule has 0 spiro atoms. The van der Waals surface area contributed by atoms with Crippen molar-refractivity contribution in [3.05, 3.63) is 53.1 Å². The second-order valence-corrected chi connectivity index (χ2v) is 6.61. The van der Waals surface area contributed by atoms with Crippen molar-refractivity contribution in [1.29, 1.82) is 0 Å². The highest BCUT2D eigenvalue weighted by Gasteiger charge is 2.23. The van der Waals surface area contributed by atoms with Gasteiger partial charge >= 0.3 is 0 Å². The molecule has 0 aliphatic carbocycles. The summed E-state index contributed by atoms with van der Waals surface area (Å²) in [6.07, 6.45) is 5.17. The first-order valence-electron chi connectivity index (χ1n) is 8.38. The standard InChI is InChI=1S/C18H23ClN4O/c1-14-20-8-11-22(14)10-2-3-18(24)23-12-9-21-17(13-23)15-4-6-16(19)7-5-15/h4-8,11,17,21H,2-3,9-10,12-13H2,1H3. The number of piperazine rings is 1. The molecule has 1 unspecified atom stereocenters. The molecule has 2 aromatic rings. The lowest BCUT2D eigenvalue weighted by Crippen LogP contribution is -2.48. The van der Waals surface area contributed by atoms with E-state index in [1.165, 1.54) is 5.56 Å². The fourth-order valence-electron chi connectivity index (χ4n) is 3.09. The van der Waals surface area contributed by atoms with Crippen molar-refractivity contribution in [2.45, 2.75) is 32.4 Å². The fraction of sp³-hybridized carbons (Fsp3) is 0.444. The predicted molar refractivity (Wildman–Crippen MR) is 95.0 cm³/mol. The van der Waals surface area contributed by atoms with Crippen molar-refractivity contribution in [3.63, 3.8) is 0 Å². The number of nitrogens with zero attached hydrogens (tertiary/aromatic N) is 3. The summed E-state index contributed by atoms with van der Waals surface area (Å²) in [5.74, 6) is 1.22. The Hall–Kier alpha value is -1.85. The minimum Gasteiger partial charge on any atom is -0.340 e. The van der Waals surface area contributed by atoms with Crippen LogP contribution in [-0.2, 0) is 11.3 Å². The Morgan fingerprint density at radius 2 is 2.17 bits per heavy atom. The summed E-state index contributed by atoms with van der Waals surface area (Å²) < 4.78 is 2.08. The van der Waals surface area contributed by atoms with E-state index in [1.807, 2.05) is 42.3 Å². The Bertz CT molecular complexity index is 683. The number of aryl methyl sites for hydroxylation is 2. The van der Waals surface area contributed by atoms with Gasteiger partial charge in [0.05, 0.1) is 0 Å². The van der Waals surface area contributed by atoms with E-state index in [9.17, 15) is 4.79 Å². The summed E-state index contributed by atoms with van der Waals surface area (Å²) in [7, 11) is 0. The van der Waals surface area contributed by atoms with Gasteiger partial charge in [-0.2, -0.15) is 0 Å². The molecule has 2 heterocycles. The van der Waals surface area contributed by atoms with Crippen molar-refractivity contribution < 1.29 is 4.79 Å². The molecule has 1 fully saturated rings. The maximum atomic E-state index is 12.5. The van der Waals surface area contributed by atoms with Gasteiger partial charge in [-0.25, -0.2) is 4.98 Å². The Labute approximate surface area is 147 Å². The summed E-state index contributed by atoms with van der Waals surface area (Å²) in [5.41, 5.74) is 1.17. The van der Waals surface area contributed by atoms with Gasteiger partial charge in [-0.15, -0.1) is 0 Å². The quantitative estimate of drug-likeness (QED) is 0.905. The predicted octanol–water partition coefficient (Wildman–Crippen LogP) is 2.80. The van der Waals surface area contributed by atoms with Crippen LogP contribution in [0.5, 0.6) is 0 Å². The lowest BCUT2D eigenvalue weighted by atomic mass is 10.0. The molecule has 128 valence electrons. The number of hydrogen-bond donors (Lipinski definition) is 1. The Morgan fingerprint density at radius 3 is 2.88 bits per heavy atom. The molecule has 1 aromatic heterocycles. The normalized spacial score (nSPS) is 17.9. The molecular formula is C18H23ClN4O. The van der Waals surface area contributed by atoms with E-state index in [-0.39, 0.29) is 11.9 Å². The van der Waals surface area contributed by atoms with E-state index >= 15 is 0 Å². The molecule has 0 radical (unpaired) electrons. The Kier molecular flexibility index (Phi) is 5.53. The first-order chi connectivity index (χ1) is 11.6. The molecule has 1 amide bonds. The average Bonchev–Trinajstić information content (AvgIpc) is 3.01. The number of nitrogens with one attached hydrogen (secondary N) is 1. The summed E-state index contributed by atoms with van der Waals surface area (Å²) in [4.78, 5) is 18.7. The lowest BCUT2D eigenvalue weighted by molar-refractivity contribution is -0.132. The Morgan fingerprint density at radius 1 is 1.38 bits per heavy atom. The van der Waals surface area contributed by atoms with Crippen molar-refractivity contribution in [2.24, 2.45) is 0 Å². The van der Waals surface area contributed by atoms with Crippen LogP contribution in [0, 0.1) is 6.92 Å². The number of carbonyl (C=O) groups is 1. The molecule has 1 N–H and O–H groups in total. The molecule has 1 atom stereocenters. The third-order valence-electron chi connectivity index (χ3n) is 4.51. The fourth-order valence-corrected chi connectivity index (χ4v) is 3.22. The topological polar surface area (TPSA) is 50.2 Å². The lowest BCUT2D eigenvalue weighted by Gasteiger charge is -2.34. The van der Waals surface area contributed by atoms with E-state index in [0.717, 1.165) is 36.9 Å². The smallest absolute Gasteiger partial charge is 0.222 e. The molecule has 6 heteroatoms. The second kappa shape index (κ2) is 7.81. The van der Waals surface area contributed by atoms with Gasteiger partial charge in [0.2, 0.25) is 5.91 Å². The first-order valence-corrected chi connectivity index (χ1v) is 8.75. The van der Waals surface area contributed by atoms with Crippen molar-refractivity contribution in [1.82, 2.24) is 19.8 Å². The number of rotatable bonds is 5. The van der Waals surface area contributed by atoms with Gasteiger partial charge in [-0.05, 0) is 31.0 Å². The van der Waals surface area contributed by atoms with Crippen molar-refractivity contribution >= 4 is 17.5 Å². The number of halogens is 1. The zero-order chi connectivity index (χ0) is 16.9. The number of carbonyl (C=O) groups excluding carboxylic acids is 1. The SMILES string of the molecule is Cc1nccn1CCCC(=O)N1CCNC(c2ccc(Cl)cc2)C1. The first kappa shape index (κ1) is 17.0. The van der Waals surface area contributed by atoms with Gasteiger partial charge in [0.25, 0.3) is 0 Å². The van der Waals surface area contributed by atoms with Crippen molar-refractivity contribution in [3.8, 4) is 0 Å². The highest BCUT2D eigenvalue weighted by molar-refractivity contribution is 6.30. The van der Waals surface area contributed by atoms with Gasteiger partial charge in [0.15, 0.2) is 0 Å². The third-order valence-corrected chi connectivity index (χ3v) is 4.77. The van der Waals surface area contributed by atoms with Gasteiger partial charge in [-0.1, -0.05) is 23.7 Å². The van der Waals surface area contributed by atoms with Crippen LogP contribution in [-0.4, -0.2) is 40.0 Å². The van der Waals surface area contributed by atoms with Crippen molar-refractivity contribution in [2.75, 3.05) is 19.6 Å². The van der Waals surface area contributed by atoms with E-state index in [1.54, 1.807) is 6.20 Å². The van der Waals surface area contributed by atoms with Gasteiger partial charge in [-0.3, -0.25) is 4.79 Å². The minimum absolute atomic E-state index is 0.177. The molecule has 0 bridgehead atoms. The van der Waals surface area contributed by atoms with Crippen LogP contribution in [0.2, 0.25) is 5.02 Å². The van der Waals surface area contributed by atoms with E-state index in [2.05, 4.69) is 14.9 Å². The minimum atomic E-state index is 0.177. The molecular weight excluding hydrogens is 324 g/mol. The summed E-state index contributed by atoms with van der Waals surface area (Å²) in [5, 5.41) is 4.21. The molecule has 3 rings (SSSR count). The molecule has 5 nitrogen and oxygen atoms in total. The zero-order valence-corrected chi connectivity index (χ0v) is 14.7. The highest BCUT2D eigenvalue weighted by atomic mass is 35.5. The molecule has 24 heavy (non-hydrogen) atoms. The van der Waals surface area contributed by atoms with Gasteiger partial charge in [0.1, 0.15) is 5.82 Å². The van der Waals surface area contributed by atoms with Crippen LogP contribution in [0.15, 0.2) is 36.7 Å². The highest BCUT2D eigenvalue weighted by Crippen LogP contribution is 2.20. The van der Waals surface area contributed by atoms with E-state index in [4.69, 9.17) is 11.6 Å². The number of amides is 1. The average molecular weight is 347 g/mol. The monoisotopic (exact) mass is 346 g/mol. The number of aromatic nitrogens is 2. The van der Waals surface area contributed by atoms with Crippen LogP contribution >= 0.6 is 11.6 Å². The number of imidazole rings is 1. The van der Waals surface area contributed by atoms with Crippen LogP contribution in [0.1, 0.15) is 30.3 Å². The van der Waals surface area contributed by atoms with E-state index < -0.39 is 0 Å². The molecule has 1 aliphatic heterocycles. The molecule has 0 saturated carbocycles. The van der Waals surface area contributed by atoms with Crippen LogP contribution in [0.25, 0.3) is 0 Å². The van der Waals surface area contributed by atoms with E-state index in [0.29, 0.717) is 13.0 Å². The number of benzene rings is 1. The maximum Gasteiger partial charge on any atom is 0.222 e. The Balaban J connectivity index is 1.51. The summed E-state index contributed by atoms with van der Waals surface area (Å²) >= 11 is 5.95. The van der Waals surface area contributed by atoms with Crippen LogP contribution in [0.4, 0.5) is 0 Å². The molecule has 1 aliphatic rings. The summed E-state index contributed by atoms with van der Waals surface area (Å²) in [6.45, 7) is 5.12. The van der Waals surface area contributed by atoms with Gasteiger partial charge in [0, 0.05) is 56.1 Å². The zero-order valence-electron chi connectivity index (χ0n) is 13.9. The molecule has 1 saturated heterocycles.